The van der Waals surface area contributed by atoms with Gasteiger partial charge in [0.2, 0.25) is 5.75 Å². The molecular weight excluding hydrogens is 432 g/mol. The van der Waals surface area contributed by atoms with Crippen LogP contribution in [0.25, 0.3) is 11.1 Å². The predicted octanol–water partition coefficient (Wildman–Crippen LogP) is 3.86. The van der Waals surface area contributed by atoms with E-state index in [1.807, 2.05) is 57.2 Å². The van der Waals surface area contributed by atoms with E-state index in [1.165, 1.54) is 4.90 Å². The number of hydrogen-bond acceptors (Lipinski definition) is 7. The van der Waals surface area contributed by atoms with Gasteiger partial charge in [-0.25, -0.2) is 4.98 Å². The van der Waals surface area contributed by atoms with Crippen molar-refractivity contribution in [1.82, 2.24) is 19.9 Å². The van der Waals surface area contributed by atoms with Crippen LogP contribution in [0.5, 0.6) is 11.6 Å². The molecule has 2 N–H and O–H groups in total. The Kier molecular flexibility index (Phi) is 8.93. The molecule has 0 aliphatic carbocycles. The van der Waals surface area contributed by atoms with E-state index in [-0.39, 0.29) is 36.5 Å². The van der Waals surface area contributed by atoms with Gasteiger partial charge in [0.1, 0.15) is 5.82 Å². The second-order valence-corrected chi connectivity index (χ2v) is 8.23. The number of amides is 1. The second kappa shape index (κ2) is 12.1. The van der Waals surface area contributed by atoms with Crippen LogP contribution in [0.3, 0.4) is 0 Å². The summed E-state index contributed by atoms with van der Waals surface area (Å²) in [5.41, 5.74) is 2.94. The summed E-state index contributed by atoms with van der Waals surface area (Å²) in [6, 6.07) is 11.5. The predicted molar refractivity (Wildman–Crippen MR) is 130 cm³/mol. The molecular formula is C26H32N4O4. The number of pyridine rings is 1. The smallest absolute Gasteiger partial charge is 0.276 e. The molecule has 1 amide bonds. The topological polar surface area (TPSA) is 109 Å². The zero-order chi connectivity index (χ0) is 24.5. The molecule has 3 rings (SSSR count). The molecule has 2 heterocycles. The number of aliphatic hydroxyl groups excluding tert-OH is 1. The Bertz CT molecular complexity index is 1090. The zero-order valence-corrected chi connectivity index (χ0v) is 19.9. The minimum Gasteiger partial charge on any atom is -0.491 e. The van der Waals surface area contributed by atoms with Crippen molar-refractivity contribution in [3.63, 3.8) is 0 Å². The quantitative estimate of drug-likeness (QED) is 0.415. The van der Waals surface area contributed by atoms with Crippen LogP contribution in [-0.2, 0) is 6.42 Å². The molecule has 180 valence electrons. The molecule has 0 bridgehead atoms. The highest BCUT2D eigenvalue weighted by atomic mass is 16.5. The van der Waals surface area contributed by atoms with E-state index in [0.717, 1.165) is 29.5 Å². The summed E-state index contributed by atoms with van der Waals surface area (Å²) in [5.74, 6) is -0.499. The Labute approximate surface area is 200 Å². The molecule has 0 saturated carbocycles. The van der Waals surface area contributed by atoms with Gasteiger partial charge in [-0.05, 0) is 49.1 Å². The zero-order valence-electron chi connectivity index (χ0n) is 19.9. The van der Waals surface area contributed by atoms with Crippen LogP contribution >= 0.6 is 0 Å². The number of unbranched alkanes of at least 4 members (excludes halogenated alkanes) is 1. The third kappa shape index (κ3) is 6.08. The SMILES string of the molecule is CCCCOc1c(O)nc(Cc2ccccc2-c2ccncc2)nc1C(=O)N(CCO)C(C)C. The van der Waals surface area contributed by atoms with Crippen LogP contribution in [0.4, 0.5) is 0 Å². The molecule has 8 nitrogen and oxygen atoms in total. The fraction of sp³-hybridized carbons (Fsp3) is 0.385. The van der Waals surface area contributed by atoms with E-state index >= 15 is 0 Å². The van der Waals surface area contributed by atoms with E-state index < -0.39 is 5.91 Å². The maximum absolute atomic E-state index is 13.4. The van der Waals surface area contributed by atoms with E-state index in [4.69, 9.17) is 4.74 Å². The summed E-state index contributed by atoms with van der Waals surface area (Å²) in [6.45, 7) is 6.04. The molecule has 0 unspecified atom stereocenters. The number of benzene rings is 1. The van der Waals surface area contributed by atoms with Crippen LogP contribution in [0.15, 0.2) is 48.8 Å². The average molecular weight is 465 g/mol. The molecule has 0 aliphatic rings. The van der Waals surface area contributed by atoms with Gasteiger partial charge < -0.3 is 19.8 Å². The number of nitrogens with zero attached hydrogens (tertiary/aromatic N) is 4. The van der Waals surface area contributed by atoms with Crippen molar-refractivity contribution in [2.75, 3.05) is 19.8 Å². The molecule has 0 spiro atoms. The van der Waals surface area contributed by atoms with Gasteiger partial charge in [0.15, 0.2) is 5.69 Å². The minimum atomic E-state index is -0.420. The number of aromatic hydroxyl groups is 1. The fourth-order valence-corrected chi connectivity index (χ4v) is 3.66. The van der Waals surface area contributed by atoms with E-state index in [2.05, 4.69) is 15.0 Å². The van der Waals surface area contributed by atoms with E-state index in [9.17, 15) is 15.0 Å². The third-order valence-electron chi connectivity index (χ3n) is 5.42. The number of carbonyl (C=O) groups is 1. The minimum absolute atomic E-state index is 0.00199. The fourth-order valence-electron chi connectivity index (χ4n) is 3.66. The van der Waals surface area contributed by atoms with E-state index in [1.54, 1.807) is 12.4 Å². The maximum Gasteiger partial charge on any atom is 0.276 e. The van der Waals surface area contributed by atoms with Crippen LogP contribution in [0, 0.1) is 0 Å². The maximum atomic E-state index is 13.4. The molecule has 0 saturated heterocycles. The monoisotopic (exact) mass is 464 g/mol. The van der Waals surface area contributed by atoms with E-state index in [0.29, 0.717) is 18.9 Å². The van der Waals surface area contributed by atoms with Gasteiger partial charge in [0, 0.05) is 31.4 Å². The molecule has 1 aromatic carbocycles. The molecule has 0 fully saturated rings. The van der Waals surface area contributed by atoms with Crippen molar-refractivity contribution in [2.45, 2.75) is 46.1 Å². The lowest BCUT2D eigenvalue weighted by Gasteiger charge is -2.26. The lowest BCUT2D eigenvalue weighted by Crippen LogP contribution is -2.39. The molecule has 8 heteroatoms. The summed E-state index contributed by atoms with van der Waals surface area (Å²) in [7, 11) is 0. The normalized spacial score (nSPS) is 11.0. The summed E-state index contributed by atoms with van der Waals surface area (Å²) in [4.78, 5) is 27.8. The van der Waals surface area contributed by atoms with Gasteiger partial charge in [-0.1, -0.05) is 37.6 Å². The van der Waals surface area contributed by atoms with Crippen molar-refractivity contribution in [3.05, 3.63) is 65.9 Å². The van der Waals surface area contributed by atoms with Gasteiger partial charge in [0.25, 0.3) is 11.8 Å². The van der Waals surface area contributed by atoms with Crippen LogP contribution in [0.2, 0.25) is 0 Å². The average Bonchev–Trinajstić information content (AvgIpc) is 2.84. The lowest BCUT2D eigenvalue weighted by molar-refractivity contribution is 0.0652. The van der Waals surface area contributed by atoms with Crippen LogP contribution in [0.1, 0.15) is 55.5 Å². The number of aromatic nitrogens is 3. The van der Waals surface area contributed by atoms with Gasteiger partial charge in [-0.15, -0.1) is 0 Å². The Morgan fingerprint density at radius 3 is 2.53 bits per heavy atom. The molecule has 0 atom stereocenters. The Balaban J connectivity index is 2.03. The van der Waals surface area contributed by atoms with Gasteiger partial charge in [0.05, 0.1) is 13.2 Å². The summed E-state index contributed by atoms with van der Waals surface area (Å²) >= 11 is 0. The molecule has 34 heavy (non-hydrogen) atoms. The highest BCUT2D eigenvalue weighted by molar-refractivity contribution is 5.95. The summed E-state index contributed by atoms with van der Waals surface area (Å²) < 4.78 is 5.74. The summed E-state index contributed by atoms with van der Waals surface area (Å²) in [5, 5.41) is 20.2. The van der Waals surface area contributed by atoms with Crippen molar-refractivity contribution in [3.8, 4) is 22.8 Å². The first-order valence-electron chi connectivity index (χ1n) is 11.6. The van der Waals surface area contributed by atoms with Crippen molar-refractivity contribution >= 4 is 5.91 Å². The van der Waals surface area contributed by atoms with Gasteiger partial charge >= 0.3 is 0 Å². The largest absolute Gasteiger partial charge is 0.491 e. The Morgan fingerprint density at radius 2 is 1.85 bits per heavy atom. The third-order valence-corrected chi connectivity index (χ3v) is 5.42. The second-order valence-electron chi connectivity index (χ2n) is 8.23. The molecule has 3 aromatic rings. The number of carbonyl (C=O) groups excluding carboxylic acids is 1. The summed E-state index contributed by atoms with van der Waals surface area (Å²) in [6.07, 6.45) is 5.43. The number of rotatable bonds is 11. The first-order chi connectivity index (χ1) is 16.5. The standard InChI is InChI=1S/C26H32N4O4/c1-4-5-16-34-24-23(26(33)30(14-15-31)18(2)3)28-22(29-25(24)32)17-20-8-6-7-9-21(20)19-10-12-27-13-11-19/h6-13,18,31H,4-5,14-17H2,1-3H3,(H,28,29,32). The van der Waals surface area contributed by atoms with Crippen LogP contribution < -0.4 is 4.74 Å². The Hall–Kier alpha value is -3.52. The molecule has 0 radical (unpaired) electrons. The first kappa shape index (κ1) is 25.1. The molecule has 2 aromatic heterocycles. The number of hydrogen-bond donors (Lipinski definition) is 2. The highest BCUT2D eigenvalue weighted by Gasteiger charge is 2.27. The first-order valence-corrected chi connectivity index (χ1v) is 11.6. The Morgan fingerprint density at radius 1 is 1.12 bits per heavy atom. The number of aliphatic hydroxyl groups is 1. The van der Waals surface area contributed by atoms with Gasteiger partial charge in [-0.3, -0.25) is 9.78 Å². The van der Waals surface area contributed by atoms with Crippen molar-refractivity contribution in [1.29, 1.82) is 0 Å². The van der Waals surface area contributed by atoms with Crippen LogP contribution in [-0.4, -0.2) is 61.8 Å². The highest BCUT2D eigenvalue weighted by Crippen LogP contribution is 2.31. The number of ether oxygens (including phenoxy) is 1. The van der Waals surface area contributed by atoms with Gasteiger partial charge in [-0.2, -0.15) is 4.98 Å². The lowest BCUT2D eigenvalue weighted by atomic mass is 9.98. The van der Waals surface area contributed by atoms with Crippen molar-refractivity contribution in [2.24, 2.45) is 0 Å². The van der Waals surface area contributed by atoms with Crippen molar-refractivity contribution < 1.29 is 19.7 Å². The molecule has 0 aliphatic heterocycles.